The minimum absolute atomic E-state index is 0. The molecule has 0 fully saturated rings. The molecule has 0 heterocycles. The number of ether oxygens (including phenoxy) is 5. The molecule has 7 heteroatoms. The predicted molar refractivity (Wildman–Crippen MR) is 107 cm³/mol. The van der Waals surface area contributed by atoms with Gasteiger partial charge in [-0.15, -0.1) is 0 Å². The van der Waals surface area contributed by atoms with Gasteiger partial charge in [-0.05, 0) is 48.4 Å². The van der Waals surface area contributed by atoms with Crippen molar-refractivity contribution < 1.29 is 49.9 Å². The zero-order chi connectivity index (χ0) is 19.9. The van der Waals surface area contributed by atoms with Crippen molar-refractivity contribution in [1.29, 1.82) is 0 Å². The molecule has 0 aromatic heterocycles. The van der Waals surface area contributed by atoms with Gasteiger partial charge in [-0.2, -0.15) is 0 Å². The van der Waals surface area contributed by atoms with Gasteiger partial charge in [-0.3, -0.25) is 6.42 Å². The fourth-order valence-corrected chi connectivity index (χ4v) is 2.39. The molecule has 0 saturated heterocycles. The van der Waals surface area contributed by atoms with Crippen molar-refractivity contribution >= 4 is 0 Å². The minimum atomic E-state index is 0. The molecule has 6 nitrogen and oxygen atoms in total. The molecule has 0 atom stereocenters. The van der Waals surface area contributed by atoms with E-state index in [1.54, 1.807) is 13.5 Å². The van der Waals surface area contributed by atoms with Crippen molar-refractivity contribution in [3.63, 3.8) is 0 Å². The molecule has 0 aliphatic rings. The SMILES string of the molecule is COCCOCOCCOc1ccc(Cc2ccc(OC[CH-]CO)cc2)cc1.[W]. The van der Waals surface area contributed by atoms with E-state index in [1.807, 2.05) is 36.4 Å². The Morgan fingerprint density at radius 3 is 1.86 bits per heavy atom. The predicted octanol–water partition coefficient (Wildman–Crippen LogP) is 2.87. The van der Waals surface area contributed by atoms with E-state index in [-0.39, 0.29) is 34.5 Å². The summed E-state index contributed by atoms with van der Waals surface area (Å²) in [6.45, 7) is 2.71. The Bertz CT molecular complexity index is 633. The van der Waals surface area contributed by atoms with Gasteiger partial charge in [0, 0.05) is 28.2 Å². The molecule has 0 unspecified atom stereocenters. The smallest absolute Gasteiger partial charge is 0.146 e. The molecule has 0 radical (unpaired) electrons. The van der Waals surface area contributed by atoms with E-state index in [4.69, 9.17) is 28.8 Å². The van der Waals surface area contributed by atoms with Crippen LogP contribution in [0.2, 0.25) is 0 Å². The van der Waals surface area contributed by atoms with E-state index in [2.05, 4.69) is 12.1 Å². The normalized spacial score (nSPS) is 10.4. The average molecular weight is 573 g/mol. The molecule has 1 N–H and O–H groups in total. The molecule has 0 aliphatic carbocycles. The van der Waals surface area contributed by atoms with Crippen molar-refractivity contribution in [2.75, 3.05) is 53.5 Å². The number of aliphatic hydroxyl groups is 1. The molecule has 0 saturated carbocycles. The van der Waals surface area contributed by atoms with E-state index in [9.17, 15) is 0 Å². The summed E-state index contributed by atoms with van der Waals surface area (Å²) in [7, 11) is 1.63. The second-order valence-electron chi connectivity index (χ2n) is 6.02. The molecule has 2 aromatic carbocycles. The summed E-state index contributed by atoms with van der Waals surface area (Å²) in [4.78, 5) is 0. The van der Waals surface area contributed by atoms with E-state index in [1.165, 1.54) is 11.1 Å². The third kappa shape index (κ3) is 11.4. The maximum absolute atomic E-state index is 8.72. The molecule has 0 bridgehead atoms. The summed E-state index contributed by atoms with van der Waals surface area (Å²) in [5.41, 5.74) is 2.41. The number of hydrogen-bond donors (Lipinski definition) is 1. The van der Waals surface area contributed by atoms with Crippen LogP contribution in [0.4, 0.5) is 0 Å². The van der Waals surface area contributed by atoms with Crippen LogP contribution < -0.4 is 9.47 Å². The molecule has 2 aromatic rings. The van der Waals surface area contributed by atoms with Crippen LogP contribution >= 0.6 is 0 Å². The molecule has 0 amide bonds. The van der Waals surface area contributed by atoms with Crippen LogP contribution in [0.3, 0.4) is 0 Å². The van der Waals surface area contributed by atoms with E-state index in [0.29, 0.717) is 33.0 Å². The largest absolute Gasteiger partial charge is 0.525 e. The van der Waals surface area contributed by atoms with E-state index >= 15 is 0 Å². The molecular weight excluding hydrogens is 544 g/mol. The topological polar surface area (TPSA) is 66.4 Å². The van der Waals surface area contributed by atoms with Crippen molar-refractivity contribution in [2.45, 2.75) is 6.42 Å². The summed E-state index contributed by atoms with van der Waals surface area (Å²) in [5.74, 6) is 1.61. The van der Waals surface area contributed by atoms with Gasteiger partial charge in [0.15, 0.2) is 0 Å². The van der Waals surface area contributed by atoms with Gasteiger partial charge in [0.1, 0.15) is 24.9 Å². The van der Waals surface area contributed by atoms with Gasteiger partial charge in [-0.1, -0.05) is 30.9 Å². The summed E-state index contributed by atoms with van der Waals surface area (Å²) in [6, 6.07) is 16.0. The first-order valence-electron chi connectivity index (χ1n) is 9.32. The maximum Gasteiger partial charge on any atom is 0.146 e. The number of methoxy groups -OCH3 is 1. The monoisotopic (exact) mass is 573 g/mol. The van der Waals surface area contributed by atoms with Crippen molar-refractivity contribution in [3.8, 4) is 11.5 Å². The van der Waals surface area contributed by atoms with Crippen LogP contribution in [0.15, 0.2) is 48.5 Å². The molecule has 2 rings (SSSR count). The Labute approximate surface area is 187 Å². The van der Waals surface area contributed by atoms with Gasteiger partial charge in [0.05, 0.1) is 19.8 Å². The van der Waals surface area contributed by atoms with Gasteiger partial charge < -0.3 is 28.8 Å². The van der Waals surface area contributed by atoms with E-state index in [0.717, 1.165) is 17.9 Å². The summed E-state index contributed by atoms with van der Waals surface area (Å²) in [6.07, 6.45) is 2.51. The Morgan fingerprint density at radius 1 is 0.759 bits per heavy atom. The summed E-state index contributed by atoms with van der Waals surface area (Å²) >= 11 is 0. The Kier molecular flexibility index (Phi) is 14.5. The maximum atomic E-state index is 8.72. The fraction of sp³-hybridized carbons (Fsp3) is 0.409. The quantitative estimate of drug-likeness (QED) is 0.201. The molecule has 29 heavy (non-hydrogen) atoms. The zero-order valence-corrected chi connectivity index (χ0v) is 19.7. The third-order valence-corrected chi connectivity index (χ3v) is 3.85. The standard InChI is InChI=1S/C22H29O6.W/c1-24-13-14-25-18-26-15-16-28-22-9-5-20(6-10-22)17-19-3-7-21(8-4-19)27-12-2-11-23;/h2-10,23H,11-18H2,1H3;/q-1;. The summed E-state index contributed by atoms with van der Waals surface area (Å²) < 4.78 is 26.6. The number of rotatable bonds is 15. The van der Waals surface area contributed by atoms with Crippen LogP contribution in [-0.4, -0.2) is 58.7 Å². The van der Waals surface area contributed by atoms with Crippen LogP contribution in [0, 0.1) is 6.42 Å². The van der Waals surface area contributed by atoms with Gasteiger partial charge in [-0.25, -0.2) is 0 Å². The first-order valence-corrected chi connectivity index (χ1v) is 9.32. The van der Waals surface area contributed by atoms with Gasteiger partial charge >= 0.3 is 0 Å². The molecular formula is C22H29O6W-. The van der Waals surface area contributed by atoms with Crippen molar-refractivity contribution in [1.82, 2.24) is 0 Å². The van der Waals surface area contributed by atoms with E-state index < -0.39 is 0 Å². The van der Waals surface area contributed by atoms with Crippen LogP contribution in [0.1, 0.15) is 11.1 Å². The Balaban J connectivity index is 0.00000420. The average Bonchev–Trinajstić information content (AvgIpc) is 2.73. The molecule has 0 spiro atoms. The summed E-state index contributed by atoms with van der Waals surface area (Å²) in [5, 5.41) is 8.72. The Hall–Kier alpha value is -1.43. The second-order valence-corrected chi connectivity index (χ2v) is 6.02. The van der Waals surface area contributed by atoms with Gasteiger partial charge in [0.2, 0.25) is 0 Å². The Morgan fingerprint density at radius 2 is 1.31 bits per heavy atom. The third-order valence-electron chi connectivity index (χ3n) is 3.85. The van der Waals surface area contributed by atoms with Crippen LogP contribution in [0.5, 0.6) is 11.5 Å². The second kappa shape index (κ2) is 16.4. The number of hydrogen-bond acceptors (Lipinski definition) is 6. The van der Waals surface area contributed by atoms with Crippen LogP contribution in [-0.2, 0) is 41.7 Å². The van der Waals surface area contributed by atoms with Crippen LogP contribution in [0.25, 0.3) is 0 Å². The minimum Gasteiger partial charge on any atom is -0.525 e. The van der Waals surface area contributed by atoms with Crippen molar-refractivity contribution in [3.05, 3.63) is 66.1 Å². The first kappa shape index (κ1) is 25.6. The fourth-order valence-electron chi connectivity index (χ4n) is 2.39. The number of aliphatic hydroxyl groups excluding tert-OH is 1. The van der Waals surface area contributed by atoms with Gasteiger partial charge in [0.25, 0.3) is 0 Å². The number of benzene rings is 2. The molecule has 0 aliphatic heterocycles. The first-order chi connectivity index (χ1) is 13.8. The zero-order valence-electron chi connectivity index (χ0n) is 16.7. The molecule has 160 valence electrons. The van der Waals surface area contributed by atoms with Crippen molar-refractivity contribution in [2.24, 2.45) is 0 Å².